The standard InChI is InChI=1S/C14H16N2O2/c1-11(17)10-15-14(18)12-5-4-6-13(9-12)16-7-2-3-8-16/h2-9,11,17H,10H2,1H3,(H,15,18)/t11-/m0/s1. The Morgan fingerprint density at radius 2 is 2.06 bits per heavy atom. The van der Waals surface area contributed by atoms with E-state index in [2.05, 4.69) is 5.32 Å². The van der Waals surface area contributed by atoms with Crippen molar-refractivity contribution in [2.75, 3.05) is 6.54 Å². The summed E-state index contributed by atoms with van der Waals surface area (Å²) in [5, 5.41) is 11.8. The number of nitrogens with zero attached hydrogens (tertiary/aromatic N) is 1. The third kappa shape index (κ3) is 2.99. The number of carbonyl (C=O) groups excluding carboxylic acids is 1. The fraction of sp³-hybridized carbons (Fsp3) is 0.214. The highest BCUT2D eigenvalue weighted by Gasteiger charge is 2.07. The molecule has 2 aromatic rings. The van der Waals surface area contributed by atoms with E-state index in [9.17, 15) is 4.79 Å². The van der Waals surface area contributed by atoms with Gasteiger partial charge in [0.1, 0.15) is 0 Å². The minimum atomic E-state index is -0.540. The molecule has 0 saturated heterocycles. The Bertz CT molecular complexity index is 518. The topological polar surface area (TPSA) is 54.3 Å². The maximum Gasteiger partial charge on any atom is 0.251 e. The van der Waals surface area contributed by atoms with Gasteiger partial charge in [-0.25, -0.2) is 0 Å². The number of nitrogens with one attached hydrogen (secondary N) is 1. The van der Waals surface area contributed by atoms with E-state index >= 15 is 0 Å². The van der Waals surface area contributed by atoms with E-state index in [4.69, 9.17) is 5.11 Å². The molecule has 1 atom stereocenters. The number of rotatable bonds is 4. The molecule has 94 valence electrons. The summed E-state index contributed by atoms with van der Waals surface area (Å²) >= 11 is 0. The van der Waals surface area contributed by atoms with Crippen LogP contribution in [0.5, 0.6) is 0 Å². The van der Waals surface area contributed by atoms with Crippen LogP contribution in [0.1, 0.15) is 17.3 Å². The highest BCUT2D eigenvalue weighted by Crippen LogP contribution is 2.10. The van der Waals surface area contributed by atoms with Gasteiger partial charge < -0.3 is 15.0 Å². The van der Waals surface area contributed by atoms with Gasteiger partial charge in [0.2, 0.25) is 0 Å². The second kappa shape index (κ2) is 5.51. The fourth-order valence-electron chi connectivity index (χ4n) is 1.66. The van der Waals surface area contributed by atoms with Crippen LogP contribution in [0, 0.1) is 0 Å². The Morgan fingerprint density at radius 1 is 1.33 bits per heavy atom. The number of aromatic nitrogens is 1. The lowest BCUT2D eigenvalue weighted by Gasteiger charge is -2.09. The first-order valence-electron chi connectivity index (χ1n) is 5.86. The molecule has 0 saturated carbocycles. The van der Waals surface area contributed by atoms with Gasteiger partial charge in [-0.3, -0.25) is 4.79 Å². The van der Waals surface area contributed by atoms with Gasteiger partial charge in [0.05, 0.1) is 6.10 Å². The van der Waals surface area contributed by atoms with E-state index in [0.717, 1.165) is 5.69 Å². The number of carbonyl (C=O) groups is 1. The molecule has 0 unspecified atom stereocenters. The molecule has 0 spiro atoms. The maximum absolute atomic E-state index is 11.8. The Morgan fingerprint density at radius 3 is 2.72 bits per heavy atom. The van der Waals surface area contributed by atoms with E-state index < -0.39 is 6.10 Å². The first kappa shape index (κ1) is 12.4. The van der Waals surface area contributed by atoms with E-state index in [-0.39, 0.29) is 12.5 Å². The van der Waals surface area contributed by atoms with Crippen LogP contribution in [0.25, 0.3) is 5.69 Å². The molecule has 2 N–H and O–H groups in total. The van der Waals surface area contributed by atoms with E-state index in [1.54, 1.807) is 13.0 Å². The zero-order valence-corrected chi connectivity index (χ0v) is 10.2. The lowest BCUT2D eigenvalue weighted by Crippen LogP contribution is -2.30. The number of amides is 1. The largest absolute Gasteiger partial charge is 0.392 e. The lowest BCUT2D eigenvalue weighted by atomic mass is 10.2. The summed E-state index contributed by atoms with van der Waals surface area (Å²) in [5.41, 5.74) is 1.52. The van der Waals surface area contributed by atoms with Gasteiger partial charge in [-0.2, -0.15) is 0 Å². The summed E-state index contributed by atoms with van der Waals surface area (Å²) in [6, 6.07) is 11.2. The van der Waals surface area contributed by atoms with Gasteiger partial charge in [-0.1, -0.05) is 6.07 Å². The van der Waals surface area contributed by atoms with Crippen molar-refractivity contribution in [1.29, 1.82) is 0 Å². The second-order valence-electron chi connectivity index (χ2n) is 4.20. The molecule has 18 heavy (non-hydrogen) atoms. The molecule has 1 aromatic carbocycles. The Kier molecular flexibility index (Phi) is 3.79. The van der Waals surface area contributed by atoms with Crippen molar-refractivity contribution in [3.8, 4) is 5.69 Å². The van der Waals surface area contributed by atoms with Gasteiger partial charge in [0.15, 0.2) is 0 Å². The molecule has 0 fully saturated rings. The molecule has 0 aliphatic heterocycles. The van der Waals surface area contributed by atoms with Crippen molar-refractivity contribution in [3.05, 3.63) is 54.4 Å². The molecule has 0 aliphatic carbocycles. The number of aliphatic hydroxyl groups is 1. The molecule has 0 radical (unpaired) electrons. The molecule has 0 bridgehead atoms. The summed E-state index contributed by atoms with van der Waals surface area (Å²) < 4.78 is 1.94. The SMILES string of the molecule is C[C@H](O)CNC(=O)c1cccc(-n2cccc2)c1. The Balaban J connectivity index is 2.15. The first-order valence-corrected chi connectivity index (χ1v) is 5.86. The summed E-state index contributed by atoms with van der Waals surface area (Å²) in [4.78, 5) is 11.8. The van der Waals surface area contributed by atoms with Gasteiger partial charge in [0.25, 0.3) is 5.91 Å². The van der Waals surface area contributed by atoms with Gasteiger partial charge >= 0.3 is 0 Å². The number of aliphatic hydroxyl groups excluding tert-OH is 1. The van der Waals surface area contributed by atoms with Gasteiger partial charge in [-0.15, -0.1) is 0 Å². The van der Waals surface area contributed by atoms with Crippen LogP contribution in [0.4, 0.5) is 0 Å². The van der Waals surface area contributed by atoms with Crippen LogP contribution < -0.4 is 5.32 Å². The Hall–Kier alpha value is -2.07. The third-order valence-electron chi connectivity index (χ3n) is 2.57. The van der Waals surface area contributed by atoms with Crippen LogP contribution >= 0.6 is 0 Å². The Labute approximate surface area is 106 Å². The quantitative estimate of drug-likeness (QED) is 0.858. The zero-order valence-electron chi connectivity index (χ0n) is 10.2. The predicted octanol–water partition coefficient (Wildman–Crippen LogP) is 1.59. The van der Waals surface area contributed by atoms with Crippen LogP contribution in [-0.4, -0.2) is 28.2 Å². The van der Waals surface area contributed by atoms with Gasteiger partial charge in [-0.05, 0) is 37.3 Å². The van der Waals surface area contributed by atoms with Crippen molar-refractivity contribution in [2.24, 2.45) is 0 Å². The third-order valence-corrected chi connectivity index (χ3v) is 2.57. The number of hydrogen-bond donors (Lipinski definition) is 2. The van der Waals surface area contributed by atoms with Crippen molar-refractivity contribution < 1.29 is 9.90 Å². The predicted molar refractivity (Wildman–Crippen MR) is 69.8 cm³/mol. The smallest absolute Gasteiger partial charge is 0.251 e. The van der Waals surface area contributed by atoms with E-state index in [1.807, 2.05) is 47.3 Å². The number of benzene rings is 1. The highest BCUT2D eigenvalue weighted by atomic mass is 16.3. The number of hydrogen-bond acceptors (Lipinski definition) is 2. The molecular formula is C14H16N2O2. The molecule has 0 aliphatic rings. The fourth-order valence-corrected chi connectivity index (χ4v) is 1.66. The first-order chi connectivity index (χ1) is 8.66. The zero-order chi connectivity index (χ0) is 13.0. The molecule has 4 nitrogen and oxygen atoms in total. The molecule has 2 rings (SSSR count). The monoisotopic (exact) mass is 244 g/mol. The van der Waals surface area contributed by atoms with Crippen LogP contribution in [0.3, 0.4) is 0 Å². The van der Waals surface area contributed by atoms with Crippen LogP contribution in [0.2, 0.25) is 0 Å². The van der Waals surface area contributed by atoms with Crippen molar-refractivity contribution in [3.63, 3.8) is 0 Å². The molecule has 1 amide bonds. The molecule has 1 aromatic heterocycles. The van der Waals surface area contributed by atoms with Crippen molar-refractivity contribution in [1.82, 2.24) is 9.88 Å². The maximum atomic E-state index is 11.8. The summed E-state index contributed by atoms with van der Waals surface area (Å²) in [7, 11) is 0. The normalized spacial score (nSPS) is 12.1. The second-order valence-corrected chi connectivity index (χ2v) is 4.20. The van der Waals surface area contributed by atoms with Crippen LogP contribution in [-0.2, 0) is 0 Å². The van der Waals surface area contributed by atoms with E-state index in [1.165, 1.54) is 0 Å². The summed E-state index contributed by atoms with van der Waals surface area (Å²) in [6.45, 7) is 1.89. The van der Waals surface area contributed by atoms with Gasteiger partial charge in [0, 0.05) is 30.2 Å². The van der Waals surface area contributed by atoms with Crippen molar-refractivity contribution in [2.45, 2.75) is 13.0 Å². The molecule has 1 heterocycles. The van der Waals surface area contributed by atoms with E-state index in [0.29, 0.717) is 5.56 Å². The van der Waals surface area contributed by atoms with Crippen molar-refractivity contribution >= 4 is 5.91 Å². The minimum absolute atomic E-state index is 0.176. The molecule has 4 heteroatoms. The summed E-state index contributed by atoms with van der Waals surface area (Å²) in [6.07, 6.45) is 3.31. The lowest BCUT2D eigenvalue weighted by molar-refractivity contribution is 0.0924. The minimum Gasteiger partial charge on any atom is -0.392 e. The summed E-state index contributed by atoms with van der Waals surface area (Å²) in [5.74, 6) is -0.176. The average molecular weight is 244 g/mol. The van der Waals surface area contributed by atoms with Crippen LogP contribution in [0.15, 0.2) is 48.8 Å². The molecular weight excluding hydrogens is 228 g/mol. The highest BCUT2D eigenvalue weighted by molar-refractivity contribution is 5.94. The average Bonchev–Trinajstić information content (AvgIpc) is 2.90.